The summed E-state index contributed by atoms with van der Waals surface area (Å²) in [5.74, 6) is -0.196. The van der Waals surface area contributed by atoms with Gasteiger partial charge in [0.05, 0.1) is 0 Å². The van der Waals surface area contributed by atoms with Crippen LogP contribution in [0.15, 0.2) is 36.4 Å². The highest BCUT2D eigenvalue weighted by Gasteiger charge is 2.01. The van der Waals surface area contributed by atoms with Gasteiger partial charge in [-0.15, -0.1) is 0 Å². The number of aryl methyl sites for hydroxylation is 3. The van der Waals surface area contributed by atoms with Crippen molar-refractivity contribution >= 4 is 5.69 Å². The van der Waals surface area contributed by atoms with Crippen molar-refractivity contribution in [3.8, 4) is 0 Å². The molecule has 0 bridgehead atoms. The van der Waals surface area contributed by atoms with Crippen LogP contribution >= 0.6 is 0 Å². The second-order valence-electron chi connectivity index (χ2n) is 4.80. The van der Waals surface area contributed by atoms with Gasteiger partial charge >= 0.3 is 0 Å². The Labute approximate surface area is 108 Å². The zero-order valence-corrected chi connectivity index (χ0v) is 11.0. The molecule has 94 valence electrons. The maximum atomic E-state index is 13.3. The van der Waals surface area contributed by atoms with Gasteiger partial charge in [0, 0.05) is 12.2 Å². The summed E-state index contributed by atoms with van der Waals surface area (Å²) in [5.41, 5.74) is 5.50. The Morgan fingerprint density at radius 2 is 1.72 bits per heavy atom. The van der Waals surface area contributed by atoms with E-state index in [1.807, 2.05) is 13.0 Å². The molecule has 0 fully saturated rings. The zero-order chi connectivity index (χ0) is 13.1. The molecule has 0 atom stereocenters. The molecule has 0 radical (unpaired) electrons. The van der Waals surface area contributed by atoms with Crippen LogP contribution in [0.4, 0.5) is 10.1 Å². The van der Waals surface area contributed by atoms with Gasteiger partial charge in [0.25, 0.3) is 0 Å². The molecule has 1 nitrogen and oxygen atoms in total. The molecule has 0 aliphatic rings. The lowest BCUT2D eigenvalue weighted by molar-refractivity contribution is 0.627. The van der Waals surface area contributed by atoms with Crippen molar-refractivity contribution in [1.29, 1.82) is 0 Å². The largest absolute Gasteiger partial charge is 0.381 e. The summed E-state index contributed by atoms with van der Waals surface area (Å²) in [6.07, 6.45) is 0. The monoisotopic (exact) mass is 243 g/mol. The van der Waals surface area contributed by atoms with Crippen LogP contribution in [-0.2, 0) is 6.54 Å². The third-order valence-electron chi connectivity index (χ3n) is 3.03. The van der Waals surface area contributed by atoms with Gasteiger partial charge in [0.2, 0.25) is 0 Å². The van der Waals surface area contributed by atoms with Crippen LogP contribution in [0.25, 0.3) is 0 Å². The van der Waals surface area contributed by atoms with E-state index in [0.29, 0.717) is 0 Å². The maximum absolute atomic E-state index is 13.3. The second-order valence-corrected chi connectivity index (χ2v) is 4.80. The van der Waals surface area contributed by atoms with Crippen LogP contribution in [0.5, 0.6) is 0 Å². The third kappa shape index (κ3) is 3.10. The van der Waals surface area contributed by atoms with Gasteiger partial charge < -0.3 is 5.32 Å². The summed E-state index contributed by atoms with van der Waals surface area (Å²) in [7, 11) is 0. The number of halogens is 1. The summed E-state index contributed by atoms with van der Waals surface area (Å²) >= 11 is 0. The van der Waals surface area contributed by atoms with E-state index in [1.165, 1.54) is 28.8 Å². The third-order valence-corrected chi connectivity index (χ3v) is 3.03. The van der Waals surface area contributed by atoms with Crippen molar-refractivity contribution in [3.05, 3.63) is 64.5 Å². The molecule has 0 unspecified atom stereocenters. The minimum atomic E-state index is -0.196. The van der Waals surface area contributed by atoms with Crippen LogP contribution < -0.4 is 5.32 Å². The topological polar surface area (TPSA) is 12.0 Å². The van der Waals surface area contributed by atoms with Crippen LogP contribution in [0.3, 0.4) is 0 Å². The first-order chi connectivity index (χ1) is 8.54. The van der Waals surface area contributed by atoms with Crippen molar-refractivity contribution in [2.45, 2.75) is 27.3 Å². The Bertz CT molecular complexity index is 541. The van der Waals surface area contributed by atoms with E-state index in [-0.39, 0.29) is 5.82 Å². The van der Waals surface area contributed by atoms with Gasteiger partial charge in [-0.3, -0.25) is 0 Å². The van der Waals surface area contributed by atoms with Crippen molar-refractivity contribution in [2.24, 2.45) is 0 Å². The molecular formula is C16H18FN. The first-order valence-corrected chi connectivity index (χ1v) is 6.12. The zero-order valence-electron chi connectivity index (χ0n) is 11.0. The summed E-state index contributed by atoms with van der Waals surface area (Å²) < 4.78 is 13.3. The van der Waals surface area contributed by atoms with E-state index >= 15 is 0 Å². The number of benzene rings is 2. The highest BCUT2D eigenvalue weighted by Crippen LogP contribution is 2.16. The molecule has 0 amide bonds. The van der Waals surface area contributed by atoms with E-state index in [4.69, 9.17) is 0 Å². The quantitative estimate of drug-likeness (QED) is 0.844. The highest BCUT2D eigenvalue weighted by atomic mass is 19.1. The van der Waals surface area contributed by atoms with Gasteiger partial charge in [-0.2, -0.15) is 0 Å². The Morgan fingerprint density at radius 1 is 0.944 bits per heavy atom. The minimum absolute atomic E-state index is 0.196. The molecule has 0 saturated heterocycles. The lowest BCUT2D eigenvalue weighted by atomic mass is 10.1. The molecule has 0 aliphatic carbocycles. The second kappa shape index (κ2) is 5.21. The van der Waals surface area contributed by atoms with Crippen molar-refractivity contribution < 1.29 is 4.39 Å². The van der Waals surface area contributed by atoms with Crippen LogP contribution in [0.2, 0.25) is 0 Å². The Kier molecular flexibility index (Phi) is 3.66. The SMILES string of the molecule is Cc1cc(F)cc(NCc2cc(C)ccc2C)c1. The van der Waals surface area contributed by atoms with Gasteiger partial charge in [-0.25, -0.2) is 4.39 Å². The van der Waals surface area contributed by atoms with Crippen molar-refractivity contribution in [2.75, 3.05) is 5.32 Å². The molecule has 2 rings (SSSR count). The molecule has 0 spiro atoms. The van der Waals surface area contributed by atoms with E-state index in [9.17, 15) is 4.39 Å². The van der Waals surface area contributed by atoms with Crippen molar-refractivity contribution in [3.63, 3.8) is 0 Å². The number of rotatable bonds is 3. The van der Waals surface area contributed by atoms with E-state index in [1.54, 1.807) is 0 Å². The molecule has 0 aliphatic heterocycles. The summed E-state index contributed by atoms with van der Waals surface area (Å²) in [5, 5.41) is 3.27. The smallest absolute Gasteiger partial charge is 0.125 e. The van der Waals surface area contributed by atoms with Gasteiger partial charge in [-0.1, -0.05) is 23.8 Å². The highest BCUT2D eigenvalue weighted by molar-refractivity contribution is 5.47. The average Bonchev–Trinajstić information content (AvgIpc) is 2.29. The molecular weight excluding hydrogens is 225 g/mol. The molecule has 2 aromatic carbocycles. The molecule has 0 saturated carbocycles. The molecule has 0 heterocycles. The fourth-order valence-corrected chi connectivity index (χ4v) is 2.03. The van der Waals surface area contributed by atoms with Gasteiger partial charge in [-0.05, 0) is 55.7 Å². The van der Waals surface area contributed by atoms with Crippen LogP contribution in [0, 0.1) is 26.6 Å². The Morgan fingerprint density at radius 3 is 2.44 bits per heavy atom. The minimum Gasteiger partial charge on any atom is -0.381 e. The Balaban J connectivity index is 2.13. The number of hydrogen-bond acceptors (Lipinski definition) is 1. The van der Waals surface area contributed by atoms with Crippen LogP contribution in [0.1, 0.15) is 22.3 Å². The maximum Gasteiger partial charge on any atom is 0.125 e. The van der Waals surface area contributed by atoms with Crippen LogP contribution in [-0.4, -0.2) is 0 Å². The first kappa shape index (κ1) is 12.6. The first-order valence-electron chi connectivity index (χ1n) is 6.12. The summed E-state index contributed by atoms with van der Waals surface area (Å²) in [4.78, 5) is 0. The predicted molar refractivity (Wildman–Crippen MR) is 74.4 cm³/mol. The molecule has 0 aromatic heterocycles. The average molecular weight is 243 g/mol. The van der Waals surface area contributed by atoms with Gasteiger partial charge in [0.1, 0.15) is 5.82 Å². The van der Waals surface area contributed by atoms with E-state index < -0.39 is 0 Å². The fraction of sp³-hybridized carbons (Fsp3) is 0.250. The predicted octanol–water partition coefficient (Wildman–Crippen LogP) is 4.36. The number of nitrogens with one attached hydrogen (secondary N) is 1. The fourth-order valence-electron chi connectivity index (χ4n) is 2.03. The lowest BCUT2D eigenvalue weighted by Gasteiger charge is -2.10. The summed E-state index contributed by atoms with van der Waals surface area (Å²) in [6.45, 7) is 6.78. The molecule has 2 aromatic rings. The lowest BCUT2D eigenvalue weighted by Crippen LogP contribution is -2.02. The molecule has 2 heteroatoms. The van der Waals surface area contributed by atoms with E-state index in [2.05, 4.69) is 37.4 Å². The molecule has 1 N–H and O–H groups in total. The number of hydrogen-bond donors (Lipinski definition) is 1. The van der Waals surface area contributed by atoms with E-state index in [0.717, 1.165) is 17.8 Å². The van der Waals surface area contributed by atoms with Gasteiger partial charge in [0.15, 0.2) is 0 Å². The summed E-state index contributed by atoms with van der Waals surface area (Å²) in [6, 6.07) is 11.4. The Hall–Kier alpha value is -1.83. The standard InChI is InChI=1S/C16H18FN/c1-11-4-5-13(3)14(6-11)10-18-16-8-12(2)7-15(17)9-16/h4-9,18H,10H2,1-3H3. The molecule has 18 heavy (non-hydrogen) atoms. The normalized spacial score (nSPS) is 10.4. The van der Waals surface area contributed by atoms with Crippen molar-refractivity contribution in [1.82, 2.24) is 0 Å². The number of anilines is 1.